The summed E-state index contributed by atoms with van der Waals surface area (Å²) in [6.45, 7) is 6.75. The fourth-order valence-corrected chi connectivity index (χ4v) is 5.00. The average Bonchev–Trinajstić information content (AvgIpc) is 2.86. The molecule has 1 aliphatic heterocycles. The maximum Gasteiger partial charge on any atom is 0.110 e. The number of thiazole rings is 1. The molecule has 19 heavy (non-hydrogen) atoms. The van der Waals surface area contributed by atoms with Crippen LogP contribution in [-0.4, -0.2) is 22.5 Å². The summed E-state index contributed by atoms with van der Waals surface area (Å²) in [7, 11) is 0. The summed E-state index contributed by atoms with van der Waals surface area (Å²) in [6.07, 6.45) is 4.06. The zero-order valence-corrected chi connectivity index (χ0v) is 13.7. The fraction of sp³-hybridized carbons (Fsp3) is 0.800. The SMILES string of the molecule is CC(C)(C)c1csc(C(NC2CC2)C2CCSC2)n1. The van der Waals surface area contributed by atoms with E-state index in [1.54, 1.807) is 0 Å². The van der Waals surface area contributed by atoms with Crippen molar-refractivity contribution in [2.75, 3.05) is 11.5 Å². The van der Waals surface area contributed by atoms with Crippen molar-refractivity contribution < 1.29 is 0 Å². The summed E-state index contributed by atoms with van der Waals surface area (Å²) in [5.41, 5.74) is 1.42. The van der Waals surface area contributed by atoms with Gasteiger partial charge in [-0.3, -0.25) is 0 Å². The first kappa shape index (κ1) is 13.9. The Morgan fingerprint density at radius 2 is 2.11 bits per heavy atom. The van der Waals surface area contributed by atoms with E-state index < -0.39 is 0 Å². The normalized spacial score (nSPS) is 25.7. The van der Waals surface area contributed by atoms with Gasteiger partial charge in [0.15, 0.2) is 0 Å². The molecule has 1 aromatic rings. The number of thioether (sulfide) groups is 1. The molecule has 2 heterocycles. The van der Waals surface area contributed by atoms with Gasteiger partial charge in [0.2, 0.25) is 0 Å². The van der Waals surface area contributed by atoms with Crippen molar-refractivity contribution in [1.82, 2.24) is 10.3 Å². The molecule has 1 saturated heterocycles. The molecule has 2 aliphatic rings. The second-order valence-electron chi connectivity index (χ2n) is 6.86. The van der Waals surface area contributed by atoms with Crippen LogP contribution in [0.25, 0.3) is 0 Å². The smallest absolute Gasteiger partial charge is 0.110 e. The lowest BCUT2D eigenvalue weighted by molar-refractivity contribution is 0.387. The van der Waals surface area contributed by atoms with E-state index in [1.807, 2.05) is 11.3 Å². The van der Waals surface area contributed by atoms with Gasteiger partial charge in [0.1, 0.15) is 5.01 Å². The Balaban J connectivity index is 1.79. The Hall–Kier alpha value is -0.0600. The molecule has 2 unspecified atom stereocenters. The highest BCUT2D eigenvalue weighted by Gasteiger charge is 2.34. The van der Waals surface area contributed by atoms with Gasteiger partial charge in [-0.25, -0.2) is 4.98 Å². The van der Waals surface area contributed by atoms with Gasteiger partial charge >= 0.3 is 0 Å². The Morgan fingerprint density at radius 3 is 2.63 bits per heavy atom. The van der Waals surface area contributed by atoms with Gasteiger partial charge in [-0.15, -0.1) is 11.3 Å². The molecule has 2 nitrogen and oxygen atoms in total. The maximum atomic E-state index is 4.95. The molecule has 106 valence electrons. The van der Waals surface area contributed by atoms with Crippen molar-refractivity contribution in [3.8, 4) is 0 Å². The topological polar surface area (TPSA) is 24.9 Å². The van der Waals surface area contributed by atoms with E-state index in [-0.39, 0.29) is 5.41 Å². The van der Waals surface area contributed by atoms with E-state index in [0.717, 1.165) is 12.0 Å². The quantitative estimate of drug-likeness (QED) is 0.909. The first-order valence-corrected chi connectivity index (χ1v) is 9.37. The Bertz CT molecular complexity index is 426. The molecule has 2 fully saturated rings. The van der Waals surface area contributed by atoms with Gasteiger partial charge < -0.3 is 5.32 Å². The molecule has 0 spiro atoms. The minimum Gasteiger partial charge on any atom is -0.305 e. The summed E-state index contributed by atoms with van der Waals surface area (Å²) in [5, 5.41) is 7.43. The molecular formula is C15H24N2S2. The van der Waals surface area contributed by atoms with Gasteiger partial charge in [0.05, 0.1) is 11.7 Å². The minimum absolute atomic E-state index is 0.170. The van der Waals surface area contributed by atoms with Crippen LogP contribution >= 0.6 is 23.1 Å². The van der Waals surface area contributed by atoms with E-state index in [1.165, 1.54) is 41.5 Å². The molecule has 2 atom stereocenters. The maximum absolute atomic E-state index is 4.95. The largest absolute Gasteiger partial charge is 0.305 e. The molecule has 4 heteroatoms. The molecule has 1 aromatic heterocycles. The van der Waals surface area contributed by atoms with Crippen molar-refractivity contribution in [3.05, 3.63) is 16.1 Å². The van der Waals surface area contributed by atoms with Crippen LogP contribution in [0.5, 0.6) is 0 Å². The van der Waals surface area contributed by atoms with Gasteiger partial charge in [0.25, 0.3) is 0 Å². The van der Waals surface area contributed by atoms with Gasteiger partial charge in [-0.1, -0.05) is 20.8 Å². The number of nitrogens with one attached hydrogen (secondary N) is 1. The Kier molecular flexibility index (Phi) is 3.93. The zero-order chi connectivity index (χ0) is 13.5. The van der Waals surface area contributed by atoms with E-state index in [0.29, 0.717) is 6.04 Å². The van der Waals surface area contributed by atoms with Crippen LogP contribution in [0.1, 0.15) is 56.8 Å². The van der Waals surface area contributed by atoms with Crippen molar-refractivity contribution in [3.63, 3.8) is 0 Å². The highest BCUT2D eigenvalue weighted by atomic mass is 32.2. The van der Waals surface area contributed by atoms with Crippen LogP contribution in [0.15, 0.2) is 5.38 Å². The molecule has 1 aliphatic carbocycles. The lowest BCUT2D eigenvalue weighted by atomic mass is 9.93. The molecule has 1 saturated carbocycles. The monoisotopic (exact) mass is 296 g/mol. The summed E-state index contributed by atoms with van der Waals surface area (Å²) in [4.78, 5) is 4.95. The van der Waals surface area contributed by atoms with Crippen LogP contribution in [-0.2, 0) is 5.41 Å². The van der Waals surface area contributed by atoms with Crippen molar-refractivity contribution in [2.45, 2.75) is 57.5 Å². The van der Waals surface area contributed by atoms with Gasteiger partial charge in [-0.05, 0) is 36.7 Å². The number of hydrogen-bond acceptors (Lipinski definition) is 4. The summed E-state index contributed by atoms with van der Waals surface area (Å²) in [6, 6.07) is 1.26. The molecule has 0 amide bonds. The first-order valence-electron chi connectivity index (χ1n) is 7.34. The summed E-state index contributed by atoms with van der Waals surface area (Å²) < 4.78 is 0. The molecule has 0 bridgehead atoms. The van der Waals surface area contributed by atoms with Crippen molar-refractivity contribution >= 4 is 23.1 Å². The number of hydrogen-bond donors (Lipinski definition) is 1. The highest BCUT2D eigenvalue weighted by Crippen LogP contribution is 2.38. The van der Waals surface area contributed by atoms with Gasteiger partial charge in [0, 0.05) is 16.8 Å². The van der Waals surface area contributed by atoms with Crippen LogP contribution in [0.4, 0.5) is 0 Å². The van der Waals surface area contributed by atoms with E-state index in [2.05, 4.69) is 43.2 Å². The Labute approximate surface area is 124 Å². The third-order valence-electron chi connectivity index (χ3n) is 3.99. The number of rotatable bonds is 4. The second-order valence-corrected chi connectivity index (χ2v) is 8.90. The predicted octanol–water partition coefficient (Wildman–Crippen LogP) is 3.99. The summed E-state index contributed by atoms with van der Waals surface area (Å²) >= 11 is 3.96. The first-order chi connectivity index (χ1) is 9.04. The van der Waals surface area contributed by atoms with E-state index >= 15 is 0 Å². The third-order valence-corrected chi connectivity index (χ3v) is 6.10. The fourth-order valence-electron chi connectivity index (χ4n) is 2.50. The summed E-state index contributed by atoms with van der Waals surface area (Å²) in [5.74, 6) is 3.41. The van der Waals surface area contributed by atoms with Crippen molar-refractivity contribution in [2.24, 2.45) is 5.92 Å². The van der Waals surface area contributed by atoms with E-state index in [9.17, 15) is 0 Å². The molecule has 0 aromatic carbocycles. The van der Waals surface area contributed by atoms with Crippen LogP contribution < -0.4 is 5.32 Å². The van der Waals surface area contributed by atoms with Crippen LogP contribution in [0.2, 0.25) is 0 Å². The number of aromatic nitrogens is 1. The molecular weight excluding hydrogens is 272 g/mol. The number of nitrogens with zero attached hydrogens (tertiary/aromatic N) is 1. The molecule has 1 N–H and O–H groups in total. The lowest BCUT2D eigenvalue weighted by Crippen LogP contribution is -2.30. The standard InChI is InChI=1S/C15H24N2S2/c1-15(2,3)12-9-19-14(17-12)13(16-11-4-5-11)10-6-7-18-8-10/h9-11,13,16H,4-8H2,1-3H3. The molecule has 0 radical (unpaired) electrons. The zero-order valence-electron chi connectivity index (χ0n) is 12.1. The Morgan fingerprint density at radius 1 is 1.32 bits per heavy atom. The minimum atomic E-state index is 0.170. The van der Waals surface area contributed by atoms with Crippen molar-refractivity contribution in [1.29, 1.82) is 0 Å². The third kappa shape index (κ3) is 3.34. The van der Waals surface area contributed by atoms with Gasteiger partial charge in [-0.2, -0.15) is 11.8 Å². The molecule has 3 rings (SSSR count). The van der Waals surface area contributed by atoms with Crippen LogP contribution in [0.3, 0.4) is 0 Å². The van der Waals surface area contributed by atoms with E-state index in [4.69, 9.17) is 4.98 Å². The highest BCUT2D eigenvalue weighted by molar-refractivity contribution is 7.99. The average molecular weight is 297 g/mol. The second kappa shape index (κ2) is 5.38. The predicted molar refractivity (Wildman–Crippen MR) is 85.1 cm³/mol. The lowest BCUT2D eigenvalue weighted by Gasteiger charge is -2.22. The van der Waals surface area contributed by atoms with Crippen LogP contribution in [0, 0.1) is 5.92 Å².